The molecule has 0 unspecified atom stereocenters. The molecule has 0 aliphatic heterocycles. The second-order valence-electron chi connectivity index (χ2n) is 6.68. The summed E-state index contributed by atoms with van der Waals surface area (Å²) in [6, 6.07) is 14.1. The summed E-state index contributed by atoms with van der Waals surface area (Å²) in [6.45, 7) is 1.96. The fourth-order valence-corrected chi connectivity index (χ4v) is 3.50. The first kappa shape index (κ1) is 19.3. The van der Waals surface area contributed by atoms with Crippen LogP contribution in [0.4, 0.5) is 25.8 Å². The quantitative estimate of drug-likeness (QED) is 0.512. The molecule has 148 valence electrons. The molecule has 0 atom stereocenters. The summed E-state index contributed by atoms with van der Waals surface area (Å²) in [7, 11) is 0. The third kappa shape index (κ3) is 2.90. The van der Waals surface area contributed by atoms with Crippen molar-refractivity contribution >= 4 is 28.6 Å². The lowest BCUT2D eigenvalue weighted by Crippen LogP contribution is -2.25. The molecular formula is C23H15F2N3O2. The first-order valence-electron chi connectivity index (χ1n) is 9.22. The van der Waals surface area contributed by atoms with Crippen LogP contribution in [-0.4, -0.2) is 18.1 Å². The lowest BCUT2D eigenvalue weighted by molar-refractivity contribution is 0.0972. The number of nitrogens with zero attached hydrogens (tertiary/aromatic N) is 1. The minimum atomic E-state index is -1.01. The van der Waals surface area contributed by atoms with E-state index in [1.54, 1.807) is 19.1 Å². The molecule has 0 aromatic heterocycles. The minimum absolute atomic E-state index is 0.0359. The van der Waals surface area contributed by atoms with Crippen LogP contribution < -0.4 is 10.6 Å². The van der Waals surface area contributed by atoms with Crippen LogP contribution in [0.2, 0.25) is 0 Å². The number of hydrogen-bond acceptors (Lipinski definition) is 5. The SMILES string of the molecule is CCNc1c(F)c2c(c(F)c1Nc1ccc(C#N)cc1)C(=O)c1ccccc1C2=O. The van der Waals surface area contributed by atoms with Crippen LogP contribution in [0.25, 0.3) is 0 Å². The second kappa shape index (κ2) is 7.41. The van der Waals surface area contributed by atoms with E-state index in [-0.39, 0.29) is 29.0 Å². The van der Waals surface area contributed by atoms with Gasteiger partial charge in [-0.15, -0.1) is 0 Å². The molecule has 0 saturated carbocycles. The van der Waals surface area contributed by atoms with Gasteiger partial charge in [0.2, 0.25) is 0 Å². The van der Waals surface area contributed by atoms with E-state index in [1.165, 1.54) is 36.4 Å². The van der Waals surface area contributed by atoms with Crippen molar-refractivity contribution in [3.8, 4) is 6.07 Å². The molecule has 3 aromatic rings. The number of nitriles is 1. The van der Waals surface area contributed by atoms with Crippen molar-refractivity contribution in [2.45, 2.75) is 6.92 Å². The highest BCUT2D eigenvalue weighted by molar-refractivity contribution is 6.29. The van der Waals surface area contributed by atoms with Crippen molar-refractivity contribution in [2.75, 3.05) is 17.2 Å². The Bertz CT molecular complexity index is 1240. The third-order valence-corrected chi connectivity index (χ3v) is 4.89. The maximum absolute atomic E-state index is 15.6. The molecule has 5 nitrogen and oxygen atoms in total. The van der Waals surface area contributed by atoms with Crippen molar-refractivity contribution < 1.29 is 18.4 Å². The Kier molecular flexibility index (Phi) is 4.76. The topological polar surface area (TPSA) is 82.0 Å². The number of rotatable bonds is 4. The maximum Gasteiger partial charge on any atom is 0.197 e. The highest BCUT2D eigenvalue weighted by atomic mass is 19.1. The van der Waals surface area contributed by atoms with Crippen molar-refractivity contribution in [1.29, 1.82) is 5.26 Å². The van der Waals surface area contributed by atoms with Crippen LogP contribution in [0.3, 0.4) is 0 Å². The summed E-state index contributed by atoms with van der Waals surface area (Å²) >= 11 is 0. The van der Waals surface area contributed by atoms with Gasteiger partial charge in [-0.25, -0.2) is 8.78 Å². The number of carbonyl (C=O) groups is 2. The predicted octanol–water partition coefficient (Wildman–Crippen LogP) is 4.79. The van der Waals surface area contributed by atoms with Gasteiger partial charge < -0.3 is 10.6 Å². The monoisotopic (exact) mass is 403 g/mol. The van der Waals surface area contributed by atoms with Gasteiger partial charge in [0.25, 0.3) is 0 Å². The number of hydrogen-bond donors (Lipinski definition) is 2. The first-order chi connectivity index (χ1) is 14.5. The Balaban J connectivity index is 1.93. The Hall–Kier alpha value is -4.05. The average Bonchev–Trinajstić information content (AvgIpc) is 2.77. The Morgan fingerprint density at radius 2 is 1.40 bits per heavy atom. The predicted molar refractivity (Wildman–Crippen MR) is 108 cm³/mol. The average molecular weight is 403 g/mol. The normalized spacial score (nSPS) is 12.1. The summed E-state index contributed by atoms with van der Waals surface area (Å²) in [5, 5.41) is 14.4. The lowest BCUT2D eigenvalue weighted by Gasteiger charge is -2.23. The fraction of sp³-hybridized carbons (Fsp3) is 0.0870. The minimum Gasteiger partial charge on any atom is -0.381 e. The Labute approximate surface area is 171 Å². The van der Waals surface area contributed by atoms with Gasteiger partial charge in [-0.3, -0.25) is 9.59 Å². The number of nitrogens with one attached hydrogen (secondary N) is 2. The van der Waals surface area contributed by atoms with Crippen molar-refractivity contribution in [1.82, 2.24) is 0 Å². The molecule has 0 fully saturated rings. The maximum atomic E-state index is 15.6. The van der Waals surface area contributed by atoms with Gasteiger partial charge in [-0.2, -0.15) is 5.26 Å². The fourth-order valence-electron chi connectivity index (χ4n) is 3.50. The van der Waals surface area contributed by atoms with E-state index in [1.807, 2.05) is 6.07 Å². The number of carbonyl (C=O) groups excluding carboxylic acids is 2. The van der Waals surface area contributed by atoms with E-state index in [9.17, 15) is 9.59 Å². The molecule has 0 heterocycles. The largest absolute Gasteiger partial charge is 0.381 e. The van der Waals surface area contributed by atoms with Gasteiger partial charge in [0.05, 0.1) is 28.4 Å². The molecule has 30 heavy (non-hydrogen) atoms. The van der Waals surface area contributed by atoms with Crippen LogP contribution in [0, 0.1) is 23.0 Å². The molecule has 4 rings (SSSR count). The smallest absolute Gasteiger partial charge is 0.197 e. The number of fused-ring (bicyclic) bond motifs is 2. The molecule has 0 amide bonds. The molecule has 7 heteroatoms. The van der Waals surface area contributed by atoms with Gasteiger partial charge in [0.15, 0.2) is 23.2 Å². The van der Waals surface area contributed by atoms with E-state index in [0.29, 0.717) is 11.3 Å². The molecule has 2 N–H and O–H groups in total. The van der Waals surface area contributed by atoms with Gasteiger partial charge in [-0.05, 0) is 31.2 Å². The zero-order chi connectivity index (χ0) is 21.4. The van der Waals surface area contributed by atoms with Crippen LogP contribution in [0.15, 0.2) is 48.5 Å². The van der Waals surface area contributed by atoms with E-state index in [2.05, 4.69) is 10.6 Å². The highest BCUT2D eigenvalue weighted by Crippen LogP contribution is 2.40. The van der Waals surface area contributed by atoms with Gasteiger partial charge in [0, 0.05) is 23.4 Å². The van der Waals surface area contributed by atoms with Crippen LogP contribution in [0.1, 0.15) is 44.3 Å². The zero-order valence-electron chi connectivity index (χ0n) is 15.8. The Morgan fingerprint density at radius 3 is 1.90 bits per heavy atom. The molecule has 1 aliphatic rings. The Morgan fingerprint density at radius 1 is 0.867 bits per heavy atom. The summed E-state index contributed by atoms with van der Waals surface area (Å²) in [5.74, 6) is -3.49. The van der Waals surface area contributed by atoms with Crippen LogP contribution in [-0.2, 0) is 0 Å². The molecule has 0 spiro atoms. The van der Waals surface area contributed by atoms with E-state index in [0.717, 1.165) is 0 Å². The third-order valence-electron chi connectivity index (χ3n) is 4.89. The zero-order valence-corrected chi connectivity index (χ0v) is 15.8. The standard InChI is InChI=1S/C23H15F2N3O2/c1-2-27-20-18(24)16-17(23(30)15-6-4-3-5-14(15)22(16)29)19(25)21(20)28-13-9-7-12(11-26)8-10-13/h3-10,27-28H,2H2,1H3. The number of benzene rings is 3. The molecular weight excluding hydrogens is 388 g/mol. The molecule has 0 saturated heterocycles. The summed E-state index contributed by atoms with van der Waals surface area (Å²) in [4.78, 5) is 25.8. The highest BCUT2D eigenvalue weighted by Gasteiger charge is 2.38. The van der Waals surface area contributed by atoms with E-state index < -0.39 is 34.3 Å². The second-order valence-corrected chi connectivity index (χ2v) is 6.68. The van der Waals surface area contributed by atoms with Crippen LogP contribution in [0.5, 0.6) is 0 Å². The molecule has 1 aliphatic carbocycles. The number of anilines is 3. The van der Waals surface area contributed by atoms with E-state index >= 15 is 8.78 Å². The number of halogens is 2. The van der Waals surface area contributed by atoms with Crippen LogP contribution >= 0.6 is 0 Å². The molecule has 0 radical (unpaired) electrons. The van der Waals surface area contributed by atoms with Crippen molar-refractivity contribution in [3.05, 3.63) is 88.0 Å². The van der Waals surface area contributed by atoms with Gasteiger partial charge in [-0.1, -0.05) is 24.3 Å². The summed E-state index contributed by atoms with van der Waals surface area (Å²) in [6.07, 6.45) is 0. The lowest BCUT2D eigenvalue weighted by atomic mass is 9.82. The van der Waals surface area contributed by atoms with Crippen molar-refractivity contribution in [2.24, 2.45) is 0 Å². The van der Waals surface area contributed by atoms with Gasteiger partial charge in [0.1, 0.15) is 5.69 Å². The van der Waals surface area contributed by atoms with Crippen molar-refractivity contribution in [3.63, 3.8) is 0 Å². The molecule has 0 bridgehead atoms. The molecule has 3 aromatic carbocycles. The summed E-state index contributed by atoms with van der Waals surface area (Å²) in [5.41, 5.74) is -0.802. The first-order valence-corrected chi connectivity index (χ1v) is 9.22. The van der Waals surface area contributed by atoms with E-state index in [4.69, 9.17) is 5.26 Å². The van der Waals surface area contributed by atoms with Gasteiger partial charge >= 0.3 is 0 Å². The number of ketones is 2. The summed E-state index contributed by atoms with van der Waals surface area (Å²) < 4.78 is 31.0.